The number of primary amides is 1. The fraction of sp³-hybridized carbons (Fsp3) is 0. The Hall–Kier alpha value is -2.36. The number of nitrogens with zero attached hydrogens (tertiary/aromatic N) is 1. The predicted octanol–water partition coefficient (Wildman–Crippen LogP) is 1.16. The molecule has 4 heteroatoms. The third-order valence-corrected chi connectivity index (χ3v) is 2.19. The van der Waals surface area contributed by atoms with E-state index in [4.69, 9.17) is 5.73 Å². The highest BCUT2D eigenvalue weighted by Gasteiger charge is 2.10. The summed E-state index contributed by atoms with van der Waals surface area (Å²) < 4.78 is 0. The Morgan fingerprint density at radius 2 is 2.06 bits per heavy atom. The predicted molar refractivity (Wildman–Crippen MR) is 62.9 cm³/mol. The Bertz CT molecular complexity index is 501. The summed E-state index contributed by atoms with van der Waals surface area (Å²) in [7, 11) is 0. The lowest BCUT2D eigenvalue weighted by atomic mass is 10.0. The molecular formula is C12H11N3O. The Kier molecular flexibility index (Phi) is 2.82. The second kappa shape index (κ2) is 4.44. The number of aliphatic imine (C=N–C) groups is 1. The van der Waals surface area contributed by atoms with Crippen molar-refractivity contribution in [2.45, 2.75) is 0 Å². The molecule has 0 fully saturated rings. The van der Waals surface area contributed by atoms with E-state index in [0.717, 1.165) is 5.56 Å². The molecule has 1 aromatic carbocycles. The van der Waals surface area contributed by atoms with E-state index in [0.29, 0.717) is 11.3 Å². The van der Waals surface area contributed by atoms with Crippen LogP contribution in [-0.2, 0) is 0 Å². The van der Waals surface area contributed by atoms with Crippen LogP contribution in [0.4, 0.5) is 0 Å². The third-order valence-electron chi connectivity index (χ3n) is 2.19. The lowest BCUT2D eigenvalue weighted by Gasteiger charge is -2.05. The Balaban J connectivity index is 2.51. The number of rotatable bonds is 2. The van der Waals surface area contributed by atoms with Crippen molar-refractivity contribution in [1.82, 2.24) is 5.32 Å². The monoisotopic (exact) mass is 213 g/mol. The first kappa shape index (κ1) is 10.2. The molecule has 2 rings (SSSR count). The van der Waals surface area contributed by atoms with E-state index in [1.54, 1.807) is 36.8 Å². The van der Waals surface area contributed by atoms with Crippen molar-refractivity contribution in [2.75, 3.05) is 0 Å². The first-order valence-electron chi connectivity index (χ1n) is 4.83. The zero-order chi connectivity index (χ0) is 11.4. The molecular weight excluding hydrogens is 202 g/mol. The number of hydrogen-bond donors (Lipinski definition) is 2. The topological polar surface area (TPSA) is 67.5 Å². The maximum absolute atomic E-state index is 11.3. The van der Waals surface area contributed by atoms with Crippen LogP contribution in [0, 0.1) is 0 Å². The number of nitrogens with two attached hydrogens (primary N) is 1. The zero-order valence-electron chi connectivity index (χ0n) is 8.55. The van der Waals surface area contributed by atoms with E-state index in [2.05, 4.69) is 10.3 Å². The standard InChI is InChI=1S/C12H11N3O/c13-12(16)10-4-2-1-3-9(10)11-5-6-14-7-8-15-11/h1-8,14H,(H2,13,16). The van der Waals surface area contributed by atoms with Crippen molar-refractivity contribution in [3.8, 4) is 0 Å². The highest BCUT2D eigenvalue weighted by molar-refractivity contribution is 6.15. The van der Waals surface area contributed by atoms with Gasteiger partial charge in [0, 0.05) is 29.7 Å². The molecule has 0 aliphatic carbocycles. The van der Waals surface area contributed by atoms with E-state index in [1.165, 1.54) is 0 Å². The van der Waals surface area contributed by atoms with Crippen LogP contribution in [0.3, 0.4) is 0 Å². The van der Waals surface area contributed by atoms with Crippen molar-refractivity contribution in [2.24, 2.45) is 10.7 Å². The van der Waals surface area contributed by atoms with Gasteiger partial charge in [-0.3, -0.25) is 9.79 Å². The van der Waals surface area contributed by atoms with Crippen LogP contribution in [0.1, 0.15) is 15.9 Å². The average molecular weight is 213 g/mol. The number of amides is 1. The molecule has 80 valence electrons. The van der Waals surface area contributed by atoms with Gasteiger partial charge in [-0.25, -0.2) is 0 Å². The van der Waals surface area contributed by atoms with Crippen molar-refractivity contribution < 1.29 is 4.79 Å². The van der Waals surface area contributed by atoms with E-state index >= 15 is 0 Å². The molecule has 1 aliphatic rings. The average Bonchev–Trinajstić information content (AvgIpc) is 2.57. The molecule has 0 atom stereocenters. The normalized spacial score (nSPS) is 13.9. The molecule has 0 radical (unpaired) electrons. The minimum Gasteiger partial charge on any atom is -0.366 e. The summed E-state index contributed by atoms with van der Waals surface area (Å²) in [6, 6.07) is 7.14. The first-order chi connectivity index (χ1) is 7.79. The third kappa shape index (κ3) is 2.00. The Labute approximate surface area is 93.2 Å². The molecule has 1 amide bonds. The largest absolute Gasteiger partial charge is 0.366 e. The minimum atomic E-state index is -0.451. The zero-order valence-corrected chi connectivity index (χ0v) is 8.55. The van der Waals surface area contributed by atoms with E-state index in [-0.39, 0.29) is 0 Å². The lowest BCUT2D eigenvalue weighted by Crippen LogP contribution is -2.15. The quantitative estimate of drug-likeness (QED) is 0.774. The van der Waals surface area contributed by atoms with Gasteiger partial charge in [0.15, 0.2) is 0 Å². The van der Waals surface area contributed by atoms with Crippen molar-refractivity contribution >= 4 is 11.6 Å². The molecule has 0 saturated heterocycles. The van der Waals surface area contributed by atoms with Crippen LogP contribution in [0.15, 0.2) is 53.9 Å². The number of hydrogen-bond acceptors (Lipinski definition) is 3. The molecule has 16 heavy (non-hydrogen) atoms. The van der Waals surface area contributed by atoms with Gasteiger partial charge in [-0.1, -0.05) is 18.2 Å². The summed E-state index contributed by atoms with van der Waals surface area (Å²) in [4.78, 5) is 15.5. The van der Waals surface area contributed by atoms with Crippen LogP contribution in [0.25, 0.3) is 0 Å². The highest BCUT2D eigenvalue weighted by atomic mass is 16.1. The summed E-state index contributed by atoms with van der Waals surface area (Å²) in [6.45, 7) is 0. The van der Waals surface area contributed by atoms with Crippen LogP contribution >= 0.6 is 0 Å². The molecule has 1 heterocycles. The van der Waals surface area contributed by atoms with E-state index < -0.39 is 5.91 Å². The molecule has 1 aliphatic heterocycles. The summed E-state index contributed by atoms with van der Waals surface area (Å²) in [6.07, 6.45) is 6.88. The molecule has 1 aromatic rings. The van der Waals surface area contributed by atoms with Crippen molar-refractivity contribution in [3.63, 3.8) is 0 Å². The summed E-state index contributed by atoms with van der Waals surface area (Å²) in [5.41, 5.74) is 7.22. The van der Waals surface area contributed by atoms with Gasteiger partial charge in [-0.2, -0.15) is 0 Å². The molecule has 0 aromatic heterocycles. The number of benzene rings is 1. The second-order valence-corrected chi connectivity index (χ2v) is 3.24. The fourth-order valence-corrected chi connectivity index (χ4v) is 1.47. The molecule has 0 saturated carbocycles. The lowest BCUT2D eigenvalue weighted by molar-refractivity contribution is 0.1000. The van der Waals surface area contributed by atoms with E-state index in [9.17, 15) is 4.79 Å². The summed E-state index contributed by atoms with van der Waals surface area (Å²) in [5, 5.41) is 2.90. The first-order valence-corrected chi connectivity index (χ1v) is 4.83. The smallest absolute Gasteiger partial charge is 0.249 e. The van der Waals surface area contributed by atoms with Crippen LogP contribution < -0.4 is 11.1 Å². The van der Waals surface area contributed by atoms with Gasteiger partial charge in [0.05, 0.1) is 5.71 Å². The highest BCUT2D eigenvalue weighted by Crippen LogP contribution is 2.11. The second-order valence-electron chi connectivity index (χ2n) is 3.24. The molecule has 3 N–H and O–H groups in total. The number of carbonyl (C=O) groups is 1. The van der Waals surface area contributed by atoms with Gasteiger partial charge in [-0.15, -0.1) is 0 Å². The van der Waals surface area contributed by atoms with Gasteiger partial charge in [0.25, 0.3) is 0 Å². The van der Waals surface area contributed by atoms with Gasteiger partial charge in [0.2, 0.25) is 5.91 Å². The van der Waals surface area contributed by atoms with Crippen molar-refractivity contribution in [3.05, 3.63) is 60.1 Å². The summed E-state index contributed by atoms with van der Waals surface area (Å²) in [5.74, 6) is -0.451. The summed E-state index contributed by atoms with van der Waals surface area (Å²) >= 11 is 0. The van der Waals surface area contributed by atoms with Gasteiger partial charge >= 0.3 is 0 Å². The number of allylic oxidation sites excluding steroid dienone is 1. The molecule has 0 unspecified atom stereocenters. The SMILES string of the molecule is NC(=O)c1ccccc1C1=NC=CNC=C1. The van der Waals surface area contributed by atoms with Gasteiger partial charge < -0.3 is 11.1 Å². The van der Waals surface area contributed by atoms with Crippen LogP contribution in [-0.4, -0.2) is 11.6 Å². The van der Waals surface area contributed by atoms with E-state index in [1.807, 2.05) is 12.1 Å². The molecule has 0 bridgehead atoms. The molecule has 0 spiro atoms. The Morgan fingerprint density at radius 1 is 1.25 bits per heavy atom. The molecule has 4 nitrogen and oxygen atoms in total. The van der Waals surface area contributed by atoms with Crippen LogP contribution in [0.5, 0.6) is 0 Å². The van der Waals surface area contributed by atoms with Crippen LogP contribution in [0.2, 0.25) is 0 Å². The van der Waals surface area contributed by atoms with Gasteiger partial charge in [0.1, 0.15) is 0 Å². The fourth-order valence-electron chi connectivity index (χ4n) is 1.47. The maximum atomic E-state index is 11.3. The van der Waals surface area contributed by atoms with Gasteiger partial charge in [-0.05, 0) is 12.1 Å². The minimum absolute atomic E-state index is 0.451. The number of nitrogens with one attached hydrogen (secondary N) is 1. The van der Waals surface area contributed by atoms with Crippen molar-refractivity contribution in [1.29, 1.82) is 0 Å². The maximum Gasteiger partial charge on any atom is 0.249 e. The number of carbonyl (C=O) groups excluding carboxylic acids is 1. The Morgan fingerprint density at radius 3 is 2.88 bits per heavy atom.